The fourth-order valence-corrected chi connectivity index (χ4v) is 0. The topological polar surface area (TPSA) is 15.3 Å². The fourth-order valence-electron chi connectivity index (χ4n) is 0. The Hall–Kier alpha value is 0.115. The first-order valence-corrected chi connectivity index (χ1v) is 1.03. The molecule has 0 spiro atoms. The minimum absolute atomic E-state index is 0.653. The Balaban J connectivity index is 2.54. The zero-order valence-corrected chi connectivity index (χ0v) is 2.68. The molecule has 0 aromatic carbocycles. The molecule has 0 bridgehead atoms. The number of nitrogens with zero attached hydrogens (tertiary/aromatic N) is 1. The molecule has 0 aliphatic heterocycles. The van der Waals surface area contributed by atoms with Crippen LogP contribution in [0.25, 0.3) is 0 Å². The second kappa shape index (κ2) is 2.36. The van der Waals surface area contributed by atoms with Gasteiger partial charge in [0.05, 0.1) is 0 Å². The number of hydrogen-bond acceptors (Lipinski definition) is 2. The van der Waals surface area contributed by atoms with Gasteiger partial charge >= 0.3 is 0 Å². The summed E-state index contributed by atoms with van der Waals surface area (Å²) in [4.78, 5) is 0.653. The maximum absolute atomic E-state index is 4.67. The summed E-state index contributed by atoms with van der Waals surface area (Å²) in [5, 5.41) is 1.92. The van der Waals surface area contributed by atoms with E-state index in [0.29, 0.717) is 4.83 Å². The molecule has 0 saturated heterocycles. The average Bonchev–Trinajstić information content (AvgIpc) is 1.38. The number of hydrazine groups is 1. The van der Waals surface area contributed by atoms with E-state index in [1.54, 1.807) is 0 Å². The molecule has 2 nitrogen and oxygen atoms in total. The molecule has 0 rings (SSSR count). The van der Waals surface area contributed by atoms with Gasteiger partial charge in [-0.15, -0.1) is 0 Å². The summed E-state index contributed by atoms with van der Waals surface area (Å²) in [6, 6.07) is 0. The second-order valence-corrected chi connectivity index (χ2v) is 0.536. The molecule has 1 N–H and O–H groups in total. The Kier molecular flexibility index (Phi) is 2.41. The van der Waals surface area contributed by atoms with Gasteiger partial charge in [-0.2, -0.15) is 0 Å². The van der Waals surface area contributed by atoms with E-state index in [0.717, 1.165) is 0 Å². The lowest BCUT2D eigenvalue weighted by molar-refractivity contribution is 0.676. The second-order valence-electron chi connectivity index (χ2n) is 0.536. The Morgan fingerprint density at radius 2 is 1.60 bits per heavy atom. The van der Waals surface area contributed by atoms with Crippen LogP contribution in [0.3, 0.4) is 0 Å². The SMILES string of the molecule is [B]NN([B])[B]. The minimum atomic E-state index is 0.653. The predicted molar refractivity (Wildman–Crippen MR) is 22.2 cm³/mol. The number of nitrogens with one attached hydrogen (secondary N) is 1. The highest BCUT2D eigenvalue weighted by molar-refractivity contribution is 6.26. The normalized spacial score (nSPS) is 9.00. The quantitative estimate of drug-likeness (QED) is 0.280. The van der Waals surface area contributed by atoms with Crippen molar-refractivity contribution in [3.8, 4) is 0 Å². The lowest BCUT2D eigenvalue weighted by Crippen LogP contribution is -2.30. The Morgan fingerprint density at radius 3 is 1.60 bits per heavy atom. The van der Waals surface area contributed by atoms with Gasteiger partial charge in [-0.05, 0) is 0 Å². The highest BCUT2D eigenvalue weighted by Gasteiger charge is 1.70. The molecule has 0 unspecified atom stereocenters. The molecule has 0 amide bonds. The Morgan fingerprint density at radius 1 is 1.40 bits per heavy atom. The first-order valence-electron chi connectivity index (χ1n) is 1.03. The van der Waals surface area contributed by atoms with Gasteiger partial charge in [-0.25, -0.2) is 0 Å². The molecule has 0 aliphatic rings. The Labute approximate surface area is 35.2 Å². The van der Waals surface area contributed by atoms with Crippen LogP contribution in [0.1, 0.15) is 0 Å². The van der Waals surface area contributed by atoms with Crippen LogP contribution in [0.15, 0.2) is 0 Å². The molecule has 0 heterocycles. The third-order valence-electron chi connectivity index (χ3n) is 0.149. The molecule has 20 valence electrons. The summed E-state index contributed by atoms with van der Waals surface area (Å²) < 4.78 is 0. The van der Waals surface area contributed by atoms with Crippen molar-refractivity contribution < 1.29 is 0 Å². The third kappa shape index (κ3) is 4.11. The van der Waals surface area contributed by atoms with Gasteiger partial charge < -0.3 is 10.2 Å². The van der Waals surface area contributed by atoms with Crippen molar-refractivity contribution in [2.24, 2.45) is 0 Å². The van der Waals surface area contributed by atoms with Gasteiger partial charge in [0.1, 0.15) is 0 Å². The maximum Gasteiger partial charge on any atom is 0.199 e. The fraction of sp³-hybridized carbons (Fsp3) is 0. The minimum Gasteiger partial charge on any atom is -0.356 e. The maximum atomic E-state index is 4.67. The van der Waals surface area contributed by atoms with Crippen molar-refractivity contribution in [2.75, 3.05) is 0 Å². The van der Waals surface area contributed by atoms with Crippen LogP contribution in [-0.4, -0.2) is 28.8 Å². The summed E-state index contributed by atoms with van der Waals surface area (Å²) in [5.74, 6) is 0. The van der Waals surface area contributed by atoms with Crippen molar-refractivity contribution in [1.29, 1.82) is 0 Å². The van der Waals surface area contributed by atoms with E-state index < -0.39 is 0 Å². The van der Waals surface area contributed by atoms with Gasteiger partial charge in [0.15, 0.2) is 23.9 Å². The molecule has 5 heavy (non-hydrogen) atoms. The zero-order chi connectivity index (χ0) is 4.28. The van der Waals surface area contributed by atoms with Crippen molar-refractivity contribution in [1.82, 2.24) is 10.2 Å². The van der Waals surface area contributed by atoms with Crippen molar-refractivity contribution in [2.45, 2.75) is 0 Å². The van der Waals surface area contributed by atoms with Gasteiger partial charge in [0.25, 0.3) is 0 Å². The molecular formula is HB3N2. The van der Waals surface area contributed by atoms with Gasteiger partial charge in [0, 0.05) is 0 Å². The van der Waals surface area contributed by atoms with E-state index in [4.69, 9.17) is 0 Å². The van der Waals surface area contributed by atoms with Crippen LogP contribution in [0.5, 0.6) is 0 Å². The van der Waals surface area contributed by atoms with E-state index in [1.165, 1.54) is 0 Å². The molecule has 5 heteroatoms. The van der Waals surface area contributed by atoms with E-state index in [9.17, 15) is 0 Å². The first kappa shape index (κ1) is 5.11. The van der Waals surface area contributed by atoms with E-state index in [-0.39, 0.29) is 0 Å². The van der Waals surface area contributed by atoms with Crippen LogP contribution in [-0.2, 0) is 0 Å². The van der Waals surface area contributed by atoms with Crippen molar-refractivity contribution >= 4 is 23.9 Å². The molecule has 0 fully saturated rings. The van der Waals surface area contributed by atoms with Crippen LogP contribution in [0.4, 0.5) is 0 Å². The highest BCUT2D eigenvalue weighted by atomic mass is 15.3. The largest absolute Gasteiger partial charge is 0.356 e. The summed E-state index contributed by atoms with van der Waals surface area (Å²) in [7, 11) is 13.9. The smallest absolute Gasteiger partial charge is 0.199 e. The Bertz CT molecular complexity index is 18.9. The summed E-state index contributed by atoms with van der Waals surface area (Å²) in [6.45, 7) is 0. The van der Waals surface area contributed by atoms with Crippen LogP contribution >= 0.6 is 0 Å². The molecule has 0 aromatic rings. The van der Waals surface area contributed by atoms with Gasteiger partial charge in [-0.3, -0.25) is 0 Å². The standard InChI is InChI=1S/B3HN2/c1-4-5(2)3/h4H. The van der Waals surface area contributed by atoms with E-state index >= 15 is 0 Å². The summed E-state index contributed by atoms with van der Waals surface area (Å²) in [5.41, 5.74) is 0. The van der Waals surface area contributed by atoms with Gasteiger partial charge in [-0.1, -0.05) is 0 Å². The molecule has 0 aliphatic carbocycles. The average molecular weight is 61.5 g/mol. The third-order valence-corrected chi connectivity index (χ3v) is 0.149. The van der Waals surface area contributed by atoms with Crippen molar-refractivity contribution in [3.63, 3.8) is 0 Å². The number of rotatable bonds is 1. The van der Waals surface area contributed by atoms with E-state index in [2.05, 4.69) is 23.9 Å². The lowest BCUT2D eigenvalue weighted by Gasteiger charge is -2.04. The lowest BCUT2D eigenvalue weighted by atomic mass is 10.2. The van der Waals surface area contributed by atoms with E-state index in [1.807, 2.05) is 5.34 Å². The zero-order valence-electron chi connectivity index (χ0n) is 2.68. The molecule has 6 radical (unpaired) electrons. The summed E-state index contributed by atoms with van der Waals surface area (Å²) in [6.07, 6.45) is 0. The van der Waals surface area contributed by atoms with Gasteiger partial charge in [0.2, 0.25) is 0 Å². The molecule has 0 atom stereocenters. The predicted octanol–water partition coefficient (Wildman–Crippen LogP) is -1.96. The molecule has 0 aromatic heterocycles. The van der Waals surface area contributed by atoms with Crippen molar-refractivity contribution in [3.05, 3.63) is 0 Å². The molecule has 0 saturated carbocycles. The first-order chi connectivity index (χ1) is 2.27. The highest BCUT2D eigenvalue weighted by Crippen LogP contribution is 1.42. The monoisotopic (exact) mass is 62.0 g/mol. The summed E-state index contributed by atoms with van der Waals surface area (Å²) >= 11 is 0. The molecular weight excluding hydrogens is 60.4 g/mol. The van der Waals surface area contributed by atoms with Crippen LogP contribution < -0.4 is 5.34 Å². The number of hydrogen-bond donors (Lipinski definition) is 1. The van der Waals surface area contributed by atoms with Crippen LogP contribution in [0, 0.1) is 0 Å². The van der Waals surface area contributed by atoms with Crippen LogP contribution in [0.2, 0.25) is 0 Å².